The maximum atomic E-state index is 12.6. The molecule has 1 rings (SSSR count). The normalized spacial score (nSPS) is 12.7. The molecule has 0 unspecified atom stereocenters. The van der Waals surface area contributed by atoms with E-state index in [2.05, 4.69) is 5.32 Å². The third-order valence-electron chi connectivity index (χ3n) is 2.42. The average Bonchev–Trinajstić information content (AvgIpc) is 2.35. The lowest BCUT2D eigenvalue weighted by Crippen LogP contribution is -2.36. The van der Waals surface area contributed by atoms with Crippen LogP contribution in [-0.4, -0.2) is 31.4 Å². The van der Waals surface area contributed by atoms with Gasteiger partial charge in [-0.15, -0.1) is 3.89 Å². The van der Waals surface area contributed by atoms with Crippen molar-refractivity contribution in [1.29, 1.82) is 0 Å². The molecule has 0 aliphatic carbocycles. The van der Waals surface area contributed by atoms with Gasteiger partial charge in [-0.25, -0.2) is 0 Å². The summed E-state index contributed by atoms with van der Waals surface area (Å²) in [5.41, 5.74) is 5.72. The Morgan fingerprint density at radius 1 is 1.30 bits per heavy atom. The molecule has 110 valence electrons. The molecule has 0 aromatic heterocycles. The molecule has 0 bridgehead atoms. The van der Waals surface area contributed by atoms with Crippen molar-refractivity contribution in [3.8, 4) is 0 Å². The van der Waals surface area contributed by atoms with E-state index in [1.165, 1.54) is 12.1 Å². The fourth-order valence-corrected chi connectivity index (χ4v) is 1.79. The molecule has 4 N–H and O–H groups in total. The highest BCUT2D eigenvalue weighted by Gasteiger charge is 2.16. The molecule has 0 radical (unpaired) electrons. The smallest absolute Gasteiger partial charge is 0.332 e. The Labute approximate surface area is 114 Å². The summed E-state index contributed by atoms with van der Waals surface area (Å²) in [6.45, 7) is 0.0534. The lowest BCUT2D eigenvalue weighted by atomic mass is 10.2. The van der Waals surface area contributed by atoms with E-state index in [0.717, 1.165) is 12.1 Å². The highest BCUT2D eigenvalue weighted by molar-refractivity contribution is 7.86. The van der Waals surface area contributed by atoms with Crippen LogP contribution in [0.15, 0.2) is 29.2 Å². The molecule has 1 amide bonds. The van der Waals surface area contributed by atoms with Crippen LogP contribution in [0.1, 0.15) is 12.0 Å². The lowest BCUT2D eigenvalue weighted by Gasteiger charge is -2.08. The quantitative estimate of drug-likeness (QED) is 0.623. The van der Waals surface area contributed by atoms with Gasteiger partial charge in [0, 0.05) is 6.54 Å². The molecule has 7 nitrogen and oxygen atoms in total. The van der Waals surface area contributed by atoms with Crippen molar-refractivity contribution in [3.63, 3.8) is 0 Å². The predicted molar refractivity (Wildman–Crippen MR) is 66.8 cm³/mol. The minimum atomic E-state index is -4.75. The Bertz CT molecular complexity index is 600. The maximum Gasteiger partial charge on any atom is 0.332 e. The first-order valence-corrected chi connectivity index (χ1v) is 6.87. The second-order valence-electron chi connectivity index (χ2n) is 4.01. The number of rotatable bonds is 6. The zero-order valence-electron chi connectivity index (χ0n) is 10.2. The molecule has 1 atom stereocenters. The first-order chi connectivity index (χ1) is 9.20. The summed E-state index contributed by atoms with van der Waals surface area (Å²) in [6, 6.07) is 3.53. The van der Waals surface area contributed by atoms with Gasteiger partial charge in [-0.3, -0.25) is 9.59 Å². The molecule has 0 aliphatic rings. The zero-order chi connectivity index (χ0) is 15.3. The summed E-state index contributed by atoms with van der Waals surface area (Å²) in [4.78, 5) is 21.3. The number of carboxylic acid groups (broad SMARTS) is 1. The predicted octanol–water partition coefficient (Wildman–Crippen LogP) is -0.237. The first kappa shape index (κ1) is 16.1. The van der Waals surface area contributed by atoms with E-state index in [4.69, 9.17) is 10.8 Å². The Kier molecular flexibility index (Phi) is 5.17. The van der Waals surface area contributed by atoms with E-state index in [-0.39, 0.29) is 13.0 Å². The molecule has 1 aromatic rings. The molecule has 0 fully saturated rings. The van der Waals surface area contributed by atoms with Gasteiger partial charge >= 0.3 is 16.2 Å². The number of halogens is 1. The number of nitrogens with two attached hydrogens (primary N) is 1. The summed E-state index contributed by atoms with van der Waals surface area (Å²) in [7, 11) is -4.75. The van der Waals surface area contributed by atoms with E-state index in [1.807, 2.05) is 0 Å². The van der Waals surface area contributed by atoms with Crippen LogP contribution in [0.25, 0.3) is 0 Å². The Morgan fingerprint density at radius 3 is 2.30 bits per heavy atom. The van der Waals surface area contributed by atoms with Gasteiger partial charge in [-0.05, 0) is 17.7 Å². The number of hydrogen-bond acceptors (Lipinski definition) is 5. The van der Waals surface area contributed by atoms with Crippen molar-refractivity contribution < 1.29 is 27.0 Å². The zero-order valence-corrected chi connectivity index (χ0v) is 11.1. The van der Waals surface area contributed by atoms with E-state index in [1.54, 1.807) is 0 Å². The summed E-state index contributed by atoms with van der Waals surface area (Å²) in [6.07, 6.45) is -0.369. The third kappa shape index (κ3) is 4.94. The molecular weight excluding hydrogens is 291 g/mol. The van der Waals surface area contributed by atoms with E-state index >= 15 is 0 Å². The third-order valence-corrected chi connectivity index (χ3v) is 3.25. The van der Waals surface area contributed by atoms with Crippen LogP contribution in [0, 0.1) is 0 Å². The Hall–Kier alpha value is -2.00. The second-order valence-corrected chi connectivity index (χ2v) is 5.35. The van der Waals surface area contributed by atoms with E-state index in [9.17, 15) is 21.9 Å². The maximum absolute atomic E-state index is 12.6. The van der Waals surface area contributed by atoms with Crippen LogP contribution < -0.4 is 11.1 Å². The topological polar surface area (TPSA) is 127 Å². The van der Waals surface area contributed by atoms with Gasteiger partial charge in [0.1, 0.15) is 6.04 Å². The minimum absolute atomic E-state index is 0.0534. The van der Waals surface area contributed by atoms with Crippen molar-refractivity contribution in [3.05, 3.63) is 29.8 Å². The molecule has 0 spiro atoms. The number of carbonyl (C=O) groups is 2. The fourth-order valence-electron chi connectivity index (χ4n) is 1.33. The monoisotopic (exact) mass is 304 g/mol. The molecule has 1 aromatic carbocycles. The number of aliphatic carboxylic acids is 1. The van der Waals surface area contributed by atoms with Gasteiger partial charge in [0.05, 0.1) is 11.3 Å². The molecule has 0 heterocycles. The summed E-state index contributed by atoms with van der Waals surface area (Å²) in [5, 5.41) is 10.9. The lowest BCUT2D eigenvalue weighted by molar-refractivity contribution is -0.140. The van der Waals surface area contributed by atoms with Crippen molar-refractivity contribution in [1.82, 2.24) is 5.32 Å². The number of carbonyl (C=O) groups excluding carboxylic acids is 1. The standard InChI is InChI=1S/C11H13FN2O5S/c12-20(18,19)8-3-1-7(2-4-8)6-14-10(15)5-9(13)11(16)17/h1-4,9H,5-6,13H2,(H,14,15)(H,16,17)/t9-/m0/s1. The second kappa shape index (κ2) is 6.44. The van der Waals surface area contributed by atoms with Crippen LogP contribution in [-0.2, 0) is 26.4 Å². The minimum Gasteiger partial charge on any atom is -0.480 e. The highest BCUT2D eigenvalue weighted by Crippen LogP contribution is 2.12. The highest BCUT2D eigenvalue weighted by atomic mass is 32.3. The Balaban J connectivity index is 2.54. The SMILES string of the molecule is N[C@@H](CC(=O)NCc1ccc(S(=O)(=O)F)cc1)C(=O)O. The van der Waals surface area contributed by atoms with Crippen molar-refractivity contribution in [2.45, 2.75) is 23.9 Å². The number of carboxylic acids is 1. The number of hydrogen-bond donors (Lipinski definition) is 3. The molecule has 0 saturated heterocycles. The molecule has 9 heteroatoms. The molecule has 0 saturated carbocycles. The summed E-state index contributed by atoms with van der Waals surface area (Å²) >= 11 is 0. The molecule has 20 heavy (non-hydrogen) atoms. The van der Waals surface area contributed by atoms with Gasteiger partial charge in [-0.1, -0.05) is 12.1 Å². The number of amides is 1. The van der Waals surface area contributed by atoms with E-state index in [0.29, 0.717) is 5.56 Å². The van der Waals surface area contributed by atoms with Gasteiger partial charge in [-0.2, -0.15) is 8.42 Å². The van der Waals surface area contributed by atoms with Crippen molar-refractivity contribution in [2.24, 2.45) is 5.73 Å². The fraction of sp³-hybridized carbons (Fsp3) is 0.273. The summed E-state index contributed by atoms with van der Waals surface area (Å²) < 4.78 is 33.8. The number of benzene rings is 1. The molecule has 0 aliphatic heterocycles. The van der Waals surface area contributed by atoms with Crippen LogP contribution in [0.5, 0.6) is 0 Å². The van der Waals surface area contributed by atoms with Gasteiger partial charge in [0.15, 0.2) is 0 Å². The van der Waals surface area contributed by atoms with Crippen LogP contribution >= 0.6 is 0 Å². The van der Waals surface area contributed by atoms with Crippen molar-refractivity contribution in [2.75, 3.05) is 0 Å². The average molecular weight is 304 g/mol. The van der Waals surface area contributed by atoms with Gasteiger partial charge in [0.2, 0.25) is 5.91 Å². The largest absolute Gasteiger partial charge is 0.480 e. The van der Waals surface area contributed by atoms with Crippen LogP contribution in [0.3, 0.4) is 0 Å². The van der Waals surface area contributed by atoms with E-state index < -0.39 is 33.0 Å². The first-order valence-electron chi connectivity index (χ1n) is 5.49. The van der Waals surface area contributed by atoms with Crippen LogP contribution in [0.2, 0.25) is 0 Å². The van der Waals surface area contributed by atoms with Gasteiger partial charge in [0.25, 0.3) is 0 Å². The van der Waals surface area contributed by atoms with Gasteiger partial charge < -0.3 is 16.2 Å². The summed E-state index contributed by atoms with van der Waals surface area (Å²) in [5.74, 6) is -1.83. The van der Waals surface area contributed by atoms with Crippen LogP contribution in [0.4, 0.5) is 3.89 Å². The number of nitrogens with one attached hydrogen (secondary N) is 1. The molecular formula is C11H13FN2O5S. The van der Waals surface area contributed by atoms with Crippen molar-refractivity contribution >= 4 is 22.1 Å². The Morgan fingerprint density at radius 2 is 1.85 bits per heavy atom.